The molecule has 5 aromatic rings. The first-order chi connectivity index (χ1) is 19.1. The van der Waals surface area contributed by atoms with Gasteiger partial charge in [-0.25, -0.2) is 4.68 Å². The monoisotopic (exact) mass is 550 g/mol. The van der Waals surface area contributed by atoms with E-state index in [4.69, 9.17) is 11.6 Å². The van der Waals surface area contributed by atoms with Gasteiger partial charge in [-0.2, -0.15) is 5.26 Å². The maximum atomic E-state index is 9.86. The van der Waals surface area contributed by atoms with E-state index >= 15 is 0 Å². The summed E-state index contributed by atoms with van der Waals surface area (Å²) < 4.78 is 1.98. The van der Waals surface area contributed by atoms with Crippen LogP contribution < -0.4 is 10.6 Å². The van der Waals surface area contributed by atoms with Crippen molar-refractivity contribution in [2.24, 2.45) is 5.41 Å². The minimum atomic E-state index is -0.311. The molecule has 0 amide bonds. The molecule has 3 heterocycles. The van der Waals surface area contributed by atoms with Gasteiger partial charge in [-0.1, -0.05) is 55.8 Å². The molecular weight excluding hydrogens is 520 g/mol. The Morgan fingerprint density at radius 1 is 1.15 bits per heavy atom. The van der Waals surface area contributed by atoms with E-state index in [1.54, 1.807) is 12.4 Å². The van der Waals surface area contributed by atoms with Crippen LogP contribution in [0.3, 0.4) is 0 Å². The predicted molar refractivity (Wildman–Crippen MR) is 160 cm³/mol. The largest absolute Gasteiger partial charge is 0.383 e. The Bertz CT molecular complexity index is 1770. The average molecular weight is 551 g/mol. The van der Waals surface area contributed by atoms with Crippen LogP contribution in [0.1, 0.15) is 63.4 Å². The second-order valence-corrected chi connectivity index (χ2v) is 12.4. The van der Waals surface area contributed by atoms with E-state index < -0.39 is 0 Å². The minimum Gasteiger partial charge on any atom is -0.383 e. The van der Waals surface area contributed by atoms with Crippen LogP contribution in [-0.2, 0) is 5.54 Å². The van der Waals surface area contributed by atoms with Gasteiger partial charge in [0.2, 0.25) is 0 Å². The second-order valence-electron chi connectivity index (χ2n) is 12.0. The van der Waals surface area contributed by atoms with Crippen LogP contribution in [0, 0.1) is 16.7 Å². The first kappa shape index (κ1) is 26.0. The van der Waals surface area contributed by atoms with Crippen molar-refractivity contribution in [3.8, 4) is 6.07 Å². The second kappa shape index (κ2) is 9.76. The molecule has 9 heteroatoms. The first-order valence-electron chi connectivity index (χ1n) is 13.4. The van der Waals surface area contributed by atoms with Crippen LogP contribution in [0.25, 0.3) is 21.7 Å². The predicted octanol–water partition coefficient (Wildman–Crippen LogP) is 7.07. The van der Waals surface area contributed by atoms with Crippen molar-refractivity contribution in [3.05, 3.63) is 83.0 Å². The van der Waals surface area contributed by atoms with Crippen LogP contribution in [0.5, 0.6) is 0 Å². The molecule has 2 aromatic carbocycles. The van der Waals surface area contributed by atoms with Crippen molar-refractivity contribution >= 4 is 44.7 Å². The third kappa shape index (κ3) is 4.93. The number of aromatic nitrogens is 5. The number of pyridine rings is 2. The Labute approximate surface area is 238 Å². The van der Waals surface area contributed by atoms with E-state index in [0.717, 1.165) is 51.6 Å². The topological polar surface area (TPSA) is 104 Å². The molecule has 0 bridgehead atoms. The number of hydrogen-bond acceptors (Lipinski definition) is 7. The van der Waals surface area contributed by atoms with Crippen molar-refractivity contribution in [2.45, 2.75) is 52.1 Å². The molecule has 6 rings (SSSR count). The number of hydrogen-bond donors (Lipinski definition) is 2. The van der Waals surface area contributed by atoms with E-state index in [-0.39, 0.29) is 17.0 Å². The highest BCUT2D eigenvalue weighted by atomic mass is 35.5. The van der Waals surface area contributed by atoms with Crippen LogP contribution >= 0.6 is 11.6 Å². The fourth-order valence-electron chi connectivity index (χ4n) is 4.93. The van der Waals surface area contributed by atoms with Crippen LogP contribution in [0.2, 0.25) is 5.02 Å². The van der Waals surface area contributed by atoms with E-state index in [2.05, 4.69) is 76.8 Å². The molecule has 40 heavy (non-hydrogen) atoms. The zero-order valence-electron chi connectivity index (χ0n) is 23.0. The smallest absolute Gasteiger partial charge is 0.110 e. The summed E-state index contributed by atoms with van der Waals surface area (Å²) in [5, 5.41) is 29.6. The number of halogens is 1. The lowest BCUT2D eigenvalue weighted by atomic mass is 9.96. The summed E-state index contributed by atoms with van der Waals surface area (Å²) in [7, 11) is 0. The molecule has 0 radical (unpaired) electrons. The van der Waals surface area contributed by atoms with E-state index in [1.165, 1.54) is 0 Å². The lowest BCUT2D eigenvalue weighted by molar-refractivity contribution is 0.443. The standard InChI is InChI=1S/C31H31ClN8/c1-30(2,3)18-36-27-20(14-33)16-35-28-24(27)12-21(13-25(28)32)37-29(26-17-40(39-38-26)31(4)9-10-31)23-7-5-6-19-15-34-11-8-22(19)23/h5-8,11-13,15-17,29,37H,9-10,18H2,1-4H3,(H,35,36). The zero-order chi connectivity index (χ0) is 28.1. The molecular formula is C31H31ClN8. The summed E-state index contributed by atoms with van der Waals surface area (Å²) in [6, 6.07) is 14.1. The van der Waals surface area contributed by atoms with Crippen molar-refractivity contribution < 1.29 is 0 Å². The van der Waals surface area contributed by atoms with Crippen molar-refractivity contribution in [3.63, 3.8) is 0 Å². The molecule has 0 spiro atoms. The third-order valence-electron chi connectivity index (χ3n) is 7.51. The minimum absolute atomic E-state index is 0.0142. The van der Waals surface area contributed by atoms with Crippen LogP contribution in [-0.4, -0.2) is 31.5 Å². The van der Waals surface area contributed by atoms with Gasteiger partial charge < -0.3 is 10.6 Å². The summed E-state index contributed by atoms with van der Waals surface area (Å²) in [4.78, 5) is 8.83. The number of nitriles is 1. The third-order valence-corrected chi connectivity index (χ3v) is 7.80. The quantitative estimate of drug-likeness (QED) is 0.223. The van der Waals surface area contributed by atoms with Crippen molar-refractivity contribution in [2.75, 3.05) is 17.2 Å². The maximum Gasteiger partial charge on any atom is 0.110 e. The number of benzene rings is 2. The van der Waals surface area contributed by atoms with Gasteiger partial charge >= 0.3 is 0 Å². The molecule has 1 aliphatic carbocycles. The van der Waals surface area contributed by atoms with Gasteiger partial charge in [0.05, 0.1) is 39.6 Å². The SMILES string of the molecule is CC(C)(C)CNc1c(C#N)cnc2c(Cl)cc(NC(c3cn(C4(C)CC4)nn3)c3cccc4cnccc34)cc12. The van der Waals surface area contributed by atoms with Gasteiger partial charge in [0.25, 0.3) is 0 Å². The lowest BCUT2D eigenvalue weighted by Crippen LogP contribution is -2.20. The van der Waals surface area contributed by atoms with Gasteiger partial charge in [-0.3, -0.25) is 9.97 Å². The first-order valence-corrected chi connectivity index (χ1v) is 13.8. The van der Waals surface area contributed by atoms with E-state index in [9.17, 15) is 5.26 Å². The van der Waals surface area contributed by atoms with Crippen LogP contribution in [0.4, 0.5) is 11.4 Å². The van der Waals surface area contributed by atoms with Crippen molar-refractivity contribution in [1.82, 2.24) is 25.0 Å². The highest BCUT2D eigenvalue weighted by Crippen LogP contribution is 2.43. The summed E-state index contributed by atoms with van der Waals surface area (Å²) in [6.07, 6.45) is 9.47. The van der Waals surface area contributed by atoms with Gasteiger partial charge in [0.15, 0.2) is 0 Å². The number of nitrogens with one attached hydrogen (secondary N) is 2. The maximum absolute atomic E-state index is 9.86. The van der Waals surface area contributed by atoms with Gasteiger partial charge in [0.1, 0.15) is 11.8 Å². The summed E-state index contributed by atoms with van der Waals surface area (Å²) in [6.45, 7) is 9.33. The molecule has 202 valence electrons. The van der Waals surface area contributed by atoms with Crippen LogP contribution in [0.15, 0.2) is 61.2 Å². The molecule has 1 aliphatic rings. The Morgan fingerprint density at radius 3 is 2.73 bits per heavy atom. The fourth-order valence-corrected chi connectivity index (χ4v) is 5.20. The zero-order valence-corrected chi connectivity index (χ0v) is 23.8. The fraction of sp³-hybridized carbons (Fsp3) is 0.323. The Balaban J connectivity index is 1.48. The summed E-state index contributed by atoms with van der Waals surface area (Å²) in [5.74, 6) is 0. The Morgan fingerprint density at radius 2 is 1.98 bits per heavy atom. The average Bonchev–Trinajstić information content (AvgIpc) is 3.48. The van der Waals surface area contributed by atoms with Gasteiger partial charge in [-0.05, 0) is 54.3 Å². The van der Waals surface area contributed by atoms with E-state index in [0.29, 0.717) is 22.6 Å². The summed E-state index contributed by atoms with van der Waals surface area (Å²) in [5.41, 5.74) is 4.54. The number of anilines is 2. The lowest BCUT2D eigenvalue weighted by Gasteiger charge is -2.23. The molecule has 1 fully saturated rings. The molecule has 1 saturated carbocycles. The number of fused-ring (bicyclic) bond motifs is 2. The molecule has 0 aliphatic heterocycles. The summed E-state index contributed by atoms with van der Waals surface area (Å²) >= 11 is 6.81. The molecule has 0 saturated heterocycles. The normalized spacial score (nSPS) is 15.1. The van der Waals surface area contributed by atoms with Gasteiger partial charge in [0, 0.05) is 41.6 Å². The van der Waals surface area contributed by atoms with E-state index in [1.807, 2.05) is 41.3 Å². The van der Waals surface area contributed by atoms with Gasteiger partial charge in [-0.15, -0.1) is 5.10 Å². The highest BCUT2D eigenvalue weighted by molar-refractivity contribution is 6.35. The molecule has 8 nitrogen and oxygen atoms in total. The molecule has 1 unspecified atom stereocenters. The molecule has 2 N–H and O–H groups in total. The Hall–Kier alpha value is -4.22. The molecule has 3 aromatic heterocycles. The number of nitrogens with zero attached hydrogens (tertiary/aromatic N) is 6. The highest BCUT2D eigenvalue weighted by Gasteiger charge is 2.41. The Kier molecular flexibility index (Phi) is 6.35. The van der Waals surface area contributed by atoms with Crippen molar-refractivity contribution in [1.29, 1.82) is 5.26 Å². The molecule has 1 atom stereocenters. The number of rotatable bonds is 7.